The molecular formula is C24H21ClFN5O2. The van der Waals surface area contributed by atoms with E-state index in [0.29, 0.717) is 40.0 Å². The van der Waals surface area contributed by atoms with Crippen LogP contribution in [0.25, 0.3) is 10.9 Å². The molecule has 1 aromatic carbocycles. The molecule has 4 rings (SSSR count). The molecule has 0 saturated carbocycles. The van der Waals surface area contributed by atoms with E-state index in [1.54, 1.807) is 30.7 Å². The molecule has 0 atom stereocenters. The van der Waals surface area contributed by atoms with Gasteiger partial charge in [0, 0.05) is 61.1 Å². The number of fused-ring (bicyclic) bond motifs is 1. The molecule has 0 aliphatic heterocycles. The topological polar surface area (TPSA) is 99.8 Å². The van der Waals surface area contributed by atoms with Crippen LogP contribution in [0.5, 0.6) is 0 Å². The number of nitrogens with one attached hydrogen (secondary N) is 3. The smallest absolute Gasteiger partial charge is 0.253 e. The SMILES string of the molecule is CC(=O)NCc1ccc(Cc2cncc(C(=O)NCc3cc4c(Cl)c[nH]c4cc3F)c2)cn1. The molecule has 7 nitrogen and oxygen atoms in total. The van der Waals surface area contributed by atoms with E-state index in [2.05, 4.69) is 25.6 Å². The second kappa shape index (κ2) is 9.79. The van der Waals surface area contributed by atoms with E-state index in [1.807, 2.05) is 12.1 Å². The van der Waals surface area contributed by atoms with Crippen molar-refractivity contribution in [3.05, 3.63) is 93.9 Å². The lowest BCUT2D eigenvalue weighted by Gasteiger charge is -2.09. The fraction of sp³-hybridized carbons (Fsp3) is 0.167. The van der Waals surface area contributed by atoms with Crippen molar-refractivity contribution in [1.29, 1.82) is 0 Å². The van der Waals surface area contributed by atoms with E-state index in [1.165, 1.54) is 19.2 Å². The molecule has 168 valence electrons. The average molecular weight is 466 g/mol. The van der Waals surface area contributed by atoms with Crippen molar-refractivity contribution in [2.45, 2.75) is 26.4 Å². The number of rotatable bonds is 7. The normalized spacial score (nSPS) is 10.9. The predicted molar refractivity (Wildman–Crippen MR) is 123 cm³/mol. The van der Waals surface area contributed by atoms with Gasteiger partial charge in [0.05, 0.1) is 22.8 Å². The summed E-state index contributed by atoms with van der Waals surface area (Å²) >= 11 is 6.11. The summed E-state index contributed by atoms with van der Waals surface area (Å²) in [6, 6.07) is 8.50. The van der Waals surface area contributed by atoms with Crippen LogP contribution in [0.2, 0.25) is 5.02 Å². The lowest BCUT2D eigenvalue weighted by Crippen LogP contribution is -2.23. The highest BCUT2D eigenvalue weighted by atomic mass is 35.5. The summed E-state index contributed by atoms with van der Waals surface area (Å²) in [7, 11) is 0. The fourth-order valence-electron chi connectivity index (χ4n) is 3.39. The van der Waals surface area contributed by atoms with Crippen molar-refractivity contribution >= 4 is 34.3 Å². The zero-order valence-electron chi connectivity index (χ0n) is 17.8. The van der Waals surface area contributed by atoms with Gasteiger partial charge in [-0.05, 0) is 35.4 Å². The standard InChI is InChI=1S/C24H21ClFN5O2/c1-14(32)28-12-19-3-2-15(9-29-19)4-16-5-18(10-27-8-16)24(33)31-11-17-6-20-21(25)13-30-23(20)7-22(17)26/h2-3,5-10,13,30H,4,11-12H2,1H3,(H,28,32)(H,31,33). The van der Waals surface area contributed by atoms with E-state index in [0.717, 1.165) is 16.8 Å². The van der Waals surface area contributed by atoms with Crippen LogP contribution in [0.4, 0.5) is 4.39 Å². The van der Waals surface area contributed by atoms with Crippen LogP contribution in [0.15, 0.2) is 55.1 Å². The maximum absolute atomic E-state index is 14.4. The monoisotopic (exact) mass is 465 g/mol. The number of pyridine rings is 2. The largest absolute Gasteiger partial charge is 0.360 e. The quantitative estimate of drug-likeness (QED) is 0.385. The van der Waals surface area contributed by atoms with Gasteiger partial charge in [0.15, 0.2) is 0 Å². The Morgan fingerprint density at radius 1 is 1.06 bits per heavy atom. The van der Waals surface area contributed by atoms with Crippen molar-refractivity contribution in [2.75, 3.05) is 0 Å². The van der Waals surface area contributed by atoms with Crippen molar-refractivity contribution in [1.82, 2.24) is 25.6 Å². The number of hydrogen-bond donors (Lipinski definition) is 3. The molecule has 0 unspecified atom stereocenters. The zero-order valence-corrected chi connectivity index (χ0v) is 18.5. The second-order valence-corrected chi connectivity index (χ2v) is 8.04. The Labute approximate surface area is 194 Å². The lowest BCUT2D eigenvalue weighted by molar-refractivity contribution is -0.119. The van der Waals surface area contributed by atoms with Gasteiger partial charge in [-0.3, -0.25) is 19.6 Å². The molecule has 0 saturated heterocycles. The van der Waals surface area contributed by atoms with Gasteiger partial charge in [-0.1, -0.05) is 17.7 Å². The highest BCUT2D eigenvalue weighted by Gasteiger charge is 2.12. The van der Waals surface area contributed by atoms with Crippen molar-refractivity contribution in [3.63, 3.8) is 0 Å². The van der Waals surface area contributed by atoms with Crippen LogP contribution in [0.3, 0.4) is 0 Å². The Morgan fingerprint density at radius 2 is 1.91 bits per heavy atom. The van der Waals surface area contributed by atoms with Gasteiger partial charge in [0.2, 0.25) is 5.91 Å². The summed E-state index contributed by atoms with van der Waals surface area (Å²) in [5, 5.41) is 6.63. The molecule has 0 spiro atoms. The molecule has 0 fully saturated rings. The highest BCUT2D eigenvalue weighted by Crippen LogP contribution is 2.25. The third kappa shape index (κ3) is 5.53. The minimum absolute atomic E-state index is 0.0199. The number of carbonyl (C=O) groups excluding carboxylic acids is 2. The van der Waals surface area contributed by atoms with Gasteiger partial charge in [0.1, 0.15) is 5.82 Å². The lowest BCUT2D eigenvalue weighted by atomic mass is 10.1. The molecule has 3 aromatic heterocycles. The Bertz CT molecular complexity index is 1320. The van der Waals surface area contributed by atoms with Crippen LogP contribution in [0, 0.1) is 5.82 Å². The number of halogens is 2. The Balaban J connectivity index is 1.40. The number of aromatic nitrogens is 3. The molecule has 0 aliphatic rings. The number of nitrogens with zero attached hydrogens (tertiary/aromatic N) is 2. The molecule has 4 aromatic rings. The second-order valence-electron chi connectivity index (χ2n) is 7.63. The molecular weight excluding hydrogens is 445 g/mol. The molecule has 33 heavy (non-hydrogen) atoms. The van der Waals surface area contributed by atoms with Crippen molar-refractivity contribution in [2.24, 2.45) is 0 Å². The van der Waals surface area contributed by atoms with Gasteiger partial charge in [-0.2, -0.15) is 0 Å². The Kier molecular flexibility index (Phi) is 6.65. The number of hydrogen-bond acceptors (Lipinski definition) is 4. The summed E-state index contributed by atoms with van der Waals surface area (Å²) in [5.74, 6) is -0.894. The first kappa shape index (κ1) is 22.4. The van der Waals surface area contributed by atoms with Crippen molar-refractivity contribution < 1.29 is 14.0 Å². The maximum Gasteiger partial charge on any atom is 0.253 e. The number of H-pyrrole nitrogens is 1. The summed E-state index contributed by atoms with van der Waals surface area (Å²) in [6.45, 7) is 1.85. The number of aromatic amines is 1. The fourth-order valence-corrected chi connectivity index (χ4v) is 3.60. The zero-order chi connectivity index (χ0) is 23.4. The van der Waals surface area contributed by atoms with Gasteiger partial charge in [0.25, 0.3) is 5.91 Å². The van der Waals surface area contributed by atoms with Gasteiger partial charge in [-0.25, -0.2) is 4.39 Å². The maximum atomic E-state index is 14.4. The molecule has 0 aliphatic carbocycles. The Morgan fingerprint density at radius 3 is 2.67 bits per heavy atom. The van der Waals surface area contributed by atoms with E-state index in [4.69, 9.17) is 11.6 Å². The molecule has 2 amide bonds. The third-order valence-corrected chi connectivity index (χ3v) is 5.42. The van der Waals surface area contributed by atoms with Crippen LogP contribution >= 0.6 is 11.6 Å². The Hall–Kier alpha value is -3.78. The molecule has 3 N–H and O–H groups in total. The van der Waals surface area contributed by atoms with Gasteiger partial charge in [-0.15, -0.1) is 0 Å². The molecule has 9 heteroatoms. The van der Waals surface area contributed by atoms with E-state index >= 15 is 0 Å². The van der Waals surface area contributed by atoms with Crippen LogP contribution in [0.1, 0.15) is 39.7 Å². The summed E-state index contributed by atoms with van der Waals surface area (Å²) < 4.78 is 14.4. The van der Waals surface area contributed by atoms with Crippen LogP contribution in [-0.2, 0) is 24.3 Å². The first-order chi connectivity index (χ1) is 15.9. The molecule has 3 heterocycles. The first-order valence-corrected chi connectivity index (χ1v) is 10.6. The molecule has 0 bridgehead atoms. The van der Waals surface area contributed by atoms with Crippen LogP contribution < -0.4 is 10.6 Å². The summed E-state index contributed by atoms with van der Waals surface area (Å²) in [6.07, 6.45) is 7.02. The van der Waals surface area contributed by atoms with Crippen LogP contribution in [-0.4, -0.2) is 26.8 Å². The van der Waals surface area contributed by atoms with E-state index in [-0.39, 0.29) is 18.4 Å². The third-order valence-electron chi connectivity index (χ3n) is 5.11. The van der Waals surface area contributed by atoms with E-state index < -0.39 is 5.82 Å². The first-order valence-electron chi connectivity index (χ1n) is 10.2. The predicted octanol–water partition coefficient (Wildman–Crippen LogP) is 3.91. The number of benzene rings is 1. The number of carbonyl (C=O) groups is 2. The average Bonchev–Trinajstić information content (AvgIpc) is 3.16. The van der Waals surface area contributed by atoms with E-state index in [9.17, 15) is 14.0 Å². The minimum atomic E-state index is -0.428. The minimum Gasteiger partial charge on any atom is -0.360 e. The van der Waals surface area contributed by atoms with Gasteiger partial charge >= 0.3 is 0 Å². The van der Waals surface area contributed by atoms with Crippen molar-refractivity contribution in [3.8, 4) is 0 Å². The summed E-state index contributed by atoms with van der Waals surface area (Å²) in [5.41, 5.74) is 3.86. The van der Waals surface area contributed by atoms with Gasteiger partial charge < -0.3 is 15.6 Å². The highest BCUT2D eigenvalue weighted by molar-refractivity contribution is 6.35. The molecule has 0 radical (unpaired) electrons. The summed E-state index contributed by atoms with van der Waals surface area (Å²) in [4.78, 5) is 35.0. The number of amides is 2.